The summed E-state index contributed by atoms with van der Waals surface area (Å²) in [5.74, 6) is 0. The van der Waals surface area contributed by atoms with E-state index in [9.17, 15) is 0 Å². The molecule has 1 fully saturated rings. The van der Waals surface area contributed by atoms with Gasteiger partial charge in [-0.2, -0.15) is 0 Å². The average Bonchev–Trinajstić information content (AvgIpc) is 2.48. The molecule has 0 aliphatic carbocycles. The van der Waals surface area contributed by atoms with Crippen molar-refractivity contribution in [2.75, 3.05) is 20.2 Å². The molecule has 1 unspecified atom stereocenters. The molecule has 0 bridgehead atoms. The first kappa shape index (κ1) is 16.9. The molecule has 118 valence electrons. The maximum absolute atomic E-state index is 5.50. The fraction of sp³-hybridized carbons (Fsp3) is 0.647. The quantitative estimate of drug-likeness (QED) is 0.845. The zero-order valence-corrected chi connectivity index (χ0v) is 14.9. The molecule has 1 atom stereocenters. The van der Waals surface area contributed by atoms with Gasteiger partial charge in [-0.3, -0.25) is 4.90 Å². The normalized spacial score (nSPS) is 20.1. The molecule has 2 rings (SSSR count). The van der Waals surface area contributed by atoms with E-state index >= 15 is 0 Å². The van der Waals surface area contributed by atoms with Gasteiger partial charge in [-0.25, -0.2) is 0 Å². The zero-order chi connectivity index (χ0) is 15.2. The molecule has 1 aliphatic heterocycles. The van der Waals surface area contributed by atoms with E-state index in [0.29, 0.717) is 12.1 Å². The molecule has 1 aliphatic rings. The molecule has 0 amide bonds. The first-order valence-electron chi connectivity index (χ1n) is 7.84. The van der Waals surface area contributed by atoms with Gasteiger partial charge in [0.1, 0.15) is 0 Å². The Kier molecular flexibility index (Phi) is 6.68. The molecule has 1 N–H and O–H groups in total. The van der Waals surface area contributed by atoms with Crippen LogP contribution in [0.5, 0.6) is 0 Å². The summed E-state index contributed by atoms with van der Waals surface area (Å²) in [6, 6.07) is 7.23. The van der Waals surface area contributed by atoms with Crippen molar-refractivity contribution in [3.05, 3.63) is 33.8 Å². The van der Waals surface area contributed by atoms with E-state index < -0.39 is 0 Å². The van der Waals surface area contributed by atoms with Gasteiger partial charge >= 0.3 is 0 Å². The lowest BCUT2D eigenvalue weighted by atomic mass is 10.1. The molecule has 1 saturated heterocycles. The van der Waals surface area contributed by atoms with Gasteiger partial charge in [0.25, 0.3) is 0 Å². The summed E-state index contributed by atoms with van der Waals surface area (Å²) in [6.45, 7) is 8.48. The predicted molar refractivity (Wildman–Crippen MR) is 91.4 cm³/mol. The minimum atomic E-state index is 0.395. The summed E-state index contributed by atoms with van der Waals surface area (Å²) in [5, 5.41) is 3.46. The zero-order valence-electron chi connectivity index (χ0n) is 13.4. The third-order valence-electron chi connectivity index (χ3n) is 4.02. The summed E-state index contributed by atoms with van der Waals surface area (Å²) >= 11 is 3.73. The monoisotopic (exact) mass is 354 g/mol. The van der Waals surface area contributed by atoms with Gasteiger partial charge in [0.05, 0.1) is 6.10 Å². The Hall–Kier alpha value is -0.420. The highest BCUT2D eigenvalue weighted by atomic mass is 79.9. The summed E-state index contributed by atoms with van der Waals surface area (Å²) in [4.78, 5) is 2.49. The Bertz CT molecular complexity index is 450. The van der Waals surface area contributed by atoms with Gasteiger partial charge in [-0.1, -0.05) is 41.9 Å². The first-order chi connectivity index (χ1) is 10.1. The Morgan fingerprint density at radius 1 is 1.43 bits per heavy atom. The van der Waals surface area contributed by atoms with Crippen LogP contribution in [0.15, 0.2) is 22.7 Å². The highest BCUT2D eigenvalue weighted by molar-refractivity contribution is 9.10. The van der Waals surface area contributed by atoms with Crippen LogP contribution in [0.25, 0.3) is 0 Å². The van der Waals surface area contributed by atoms with Crippen LogP contribution in [-0.4, -0.2) is 37.2 Å². The summed E-state index contributed by atoms with van der Waals surface area (Å²) in [6.07, 6.45) is 2.81. The lowest BCUT2D eigenvalue weighted by Gasteiger charge is -2.32. The molecule has 4 heteroatoms. The molecular weight excluding hydrogens is 328 g/mol. The number of nitrogens with one attached hydrogen (secondary N) is 1. The second-order valence-corrected chi connectivity index (χ2v) is 7.05. The van der Waals surface area contributed by atoms with Crippen LogP contribution >= 0.6 is 15.9 Å². The Morgan fingerprint density at radius 2 is 2.24 bits per heavy atom. The van der Waals surface area contributed by atoms with Gasteiger partial charge in [-0.15, -0.1) is 0 Å². The second-order valence-electron chi connectivity index (χ2n) is 6.20. The number of hydrogen-bond acceptors (Lipinski definition) is 3. The number of hydrogen-bond donors (Lipinski definition) is 1. The number of ether oxygens (including phenoxy) is 1. The first-order valence-corrected chi connectivity index (χ1v) is 8.63. The van der Waals surface area contributed by atoms with E-state index in [-0.39, 0.29) is 0 Å². The molecular formula is C17H27BrN2O. The lowest BCUT2D eigenvalue weighted by Crippen LogP contribution is -2.38. The molecule has 0 spiro atoms. The third kappa shape index (κ3) is 5.37. The SMILES string of the molecule is COC1CCCN(Cc2ccc(CNC(C)C)cc2Br)C1. The molecule has 0 saturated carbocycles. The largest absolute Gasteiger partial charge is 0.380 e. The van der Waals surface area contributed by atoms with Crippen LogP contribution in [0.2, 0.25) is 0 Å². The molecule has 21 heavy (non-hydrogen) atoms. The van der Waals surface area contributed by atoms with Crippen molar-refractivity contribution >= 4 is 15.9 Å². The molecule has 0 radical (unpaired) electrons. The van der Waals surface area contributed by atoms with Gasteiger partial charge < -0.3 is 10.1 Å². The van der Waals surface area contributed by atoms with E-state index in [1.54, 1.807) is 0 Å². The van der Waals surface area contributed by atoms with Gasteiger partial charge in [0.15, 0.2) is 0 Å². The van der Waals surface area contributed by atoms with E-state index in [2.05, 4.69) is 58.2 Å². The Labute approximate surface area is 137 Å². The molecule has 0 aromatic heterocycles. The lowest BCUT2D eigenvalue weighted by molar-refractivity contribution is 0.0285. The number of piperidine rings is 1. The summed E-state index contributed by atoms with van der Waals surface area (Å²) in [5.41, 5.74) is 2.69. The van der Waals surface area contributed by atoms with E-state index in [4.69, 9.17) is 4.74 Å². The Morgan fingerprint density at radius 3 is 2.90 bits per heavy atom. The van der Waals surface area contributed by atoms with Crippen molar-refractivity contribution in [2.45, 2.75) is 51.9 Å². The van der Waals surface area contributed by atoms with Crippen LogP contribution in [0.3, 0.4) is 0 Å². The van der Waals surface area contributed by atoms with E-state index in [1.807, 2.05) is 7.11 Å². The van der Waals surface area contributed by atoms with E-state index in [1.165, 1.54) is 35.0 Å². The maximum Gasteiger partial charge on any atom is 0.0698 e. The summed E-state index contributed by atoms with van der Waals surface area (Å²) < 4.78 is 6.71. The van der Waals surface area contributed by atoms with Gasteiger partial charge in [0.2, 0.25) is 0 Å². The van der Waals surface area contributed by atoms with Crippen LogP contribution in [-0.2, 0) is 17.8 Å². The molecule has 1 aromatic carbocycles. The van der Waals surface area contributed by atoms with Crippen molar-refractivity contribution < 1.29 is 4.74 Å². The van der Waals surface area contributed by atoms with Crippen LogP contribution in [0.1, 0.15) is 37.8 Å². The van der Waals surface area contributed by atoms with Crippen molar-refractivity contribution in [2.24, 2.45) is 0 Å². The van der Waals surface area contributed by atoms with Crippen molar-refractivity contribution in [1.82, 2.24) is 10.2 Å². The fourth-order valence-electron chi connectivity index (χ4n) is 2.74. The maximum atomic E-state index is 5.50. The molecule has 1 aromatic rings. The topological polar surface area (TPSA) is 24.5 Å². The van der Waals surface area contributed by atoms with E-state index in [0.717, 1.165) is 19.6 Å². The smallest absolute Gasteiger partial charge is 0.0698 e. The molecule has 1 heterocycles. The van der Waals surface area contributed by atoms with Gasteiger partial charge in [0, 0.05) is 37.3 Å². The minimum Gasteiger partial charge on any atom is -0.380 e. The summed E-state index contributed by atoms with van der Waals surface area (Å²) in [7, 11) is 1.82. The number of methoxy groups -OCH3 is 1. The highest BCUT2D eigenvalue weighted by Crippen LogP contribution is 2.22. The fourth-order valence-corrected chi connectivity index (χ4v) is 3.29. The number of benzene rings is 1. The van der Waals surface area contributed by atoms with Gasteiger partial charge in [-0.05, 0) is 36.6 Å². The number of nitrogens with zero attached hydrogens (tertiary/aromatic N) is 1. The van der Waals surface area contributed by atoms with Crippen LogP contribution in [0.4, 0.5) is 0 Å². The molecule has 3 nitrogen and oxygen atoms in total. The van der Waals surface area contributed by atoms with Crippen LogP contribution in [0, 0.1) is 0 Å². The number of likely N-dealkylation sites (tertiary alicyclic amines) is 1. The van der Waals surface area contributed by atoms with Crippen molar-refractivity contribution in [3.8, 4) is 0 Å². The second kappa shape index (κ2) is 8.28. The highest BCUT2D eigenvalue weighted by Gasteiger charge is 2.19. The Balaban J connectivity index is 1.94. The van der Waals surface area contributed by atoms with Crippen molar-refractivity contribution in [3.63, 3.8) is 0 Å². The average molecular weight is 355 g/mol. The predicted octanol–water partition coefficient (Wildman–Crippen LogP) is 3.56. The standard InChI is InChI=1S/C17H27BrN2O/c1-13(2)19-10-14-6-7-15(17(18)9-14)11-20-8-4-5-16(12-20)21-3/h6-7,9,13,16,19H,4-5,8,10-12H2,1-3H3. The third-order valence-corrected chi connectivity index (χ3v) is 4.76. The van der Waals surface area contributed by atoms with Crippen molar-refractivity contribution in [1.29, 1.82) is 0 Å². The van der Waals surface area contributed by atoms with Crippen LogP contribution < -0.4 is 5.32 Å². The number of rotatable bonds is 6. The number of halogens is 1. The minimum absolute atomic E-state index is 0.395.